The number of hydrogen-bond donors (Lipinski definition) is 0. The Balaban J connectivity index is -0.0000000493. The zero-order valence-corrected chi connectivity index (χ0v) is 30.0. The molecule has 2 atom stereocenters. The molecule has 0 aliphatic carbocycles. The van der Waals surface area contributed by atoms with Gasteiger partial charge in [-0.25, -0.2) is 0 Å². The summed E-state index contributed by atoms with van der Waals surface area (Å²) in [6.45, 7) is 9.77. The van der Waals surface area contributed by atoms with Crippen molar-refractivity contribution in [1.29, 1.82) is 0 Å². The van der Waals surface area contributed by atoms with Gasteiger partial charge < -0.3 is 58.1 Å². The van der Waals surface area contributed by atoms with Crippen LogP contribution in [-0.4, -0.2) is 69.6 Å². The van der Waals surface area contributed by atoms with E-state index in [2.05, 4.69) is 13.8 Å². The van der Waals surface area contributed by atoms with Crippen molar-refractivity contribution in [2.75, 3.05) is 19.3 Å². The normalized spacial score (nSPS) is 14.5. The number of Topliss-reactive ketones (excluding diaryl/α,β-unsaturated/α-hetero) is 2. The Morgan fingerprint density at radius 2 is 1.27 bits per heavy atom. The van der Waals surface area contributed by atoms with Crippen molar-refractivity contribution < 1.29 is 94.2 Å². The molecule has 0 saturated carbocycles. The van der Waals surface area contributed by atoms with Crippen LogP contribution >= 0.6 is 41.5 Å². The molecule has 1 saturated heterocycles. The molecule has 2 radical (unpaired) electrons. The van der Waals surface area contributed by atoms with Crippen molar-refractivity contribution in [3.8, 4) is 0 Å². The molecule has 2 aliphatic heterocycles. The van der Waals surface area contributed by atoms with E-state index in [0.29, 0.717) is 0 Å². The van der Waals surface area contributed by atoms with Gasteiger partial charge in [-0.2, -0.15) is 21.7 Å². The molecular formula is C19H34N2O6P3SY2-7. The van der Waals surface area contributed by atoms with E-state index in [1.54, 1.807) is 6.26 Å². The van der Waals surface area contributed by atoms with Gasteiger partial charge in [-0.05, 0) is 6.26 Å². The second kappa shape index (κ2) is 29.2. The minimum Gasteiger partial charge on any atom is -1.51 e. The van der Waals surface area contributed by atoms with Gasteiger partial charge in [0.25, 0.3) is 11.8 Å². The third-order valence-electron chi connectivity index (χ3n) is 3.06. The number of carbonyl (C=O) groups excluding carboxylic acids is 6. The van der Waals surface area contributed by atoms with Gasteiger partial charge >= 0.3 is 0 Å². The number of amides is 4. The molecule has 2 unspecified atom stereocenters. The summed E-state index contributed by atoms with van der Waals surface area (Å²) in [6, 6.07) is 0. The van der Waals surface area contributed by atoms with Gasteiger partial charge in [0.15, 0.2) is 0 Å². The fourth-order valence-corrected chi connectivity index (χ4v) is 2.58. The van der Waals surface area contributed by atoms with Gasteiger partial charge in [0.1, 0.15) is 0 Å². The second-order valence-electron chi connectivity index (χ2n) is 4.92. The molecule has 2 heterocycles. The predicted molar refractivity (Wildman–Crippen MR) is 139 cm³/mol. The first kappa shape index (κ1) is 54.7. The smallest absolute Gasteiger partial charge is 0.253 e. The number of thioether (sulfide) groups is 1. The maximum Gasteiger partial charge on any atom is 0.253 e. The molecule has 4 amide bonds. The summed E-state index contributed by atoms with van der Waals surface area (Å²) in [6.07, 6.45) is 4.23. The zero-order chi connectivity index (χ0) is 20.4. The van der Waals surface area contributed by atoms with Crippen molar-refractivity contribution in [1.82, 2.24) is 9.80 Å². The van der Waals surface area contributed by atoms with Crippen LogP contribution < -0.4 is 0 Å². The largest absolute Gasteiger partial charge is 1.51 e. The fourth-order valence-electron chi connectivity index (χ4n) is 1.94. The Morgan fingerprint density at radius 3 is 1.55 bits per heavy atom. The zero-order valence-electron chi connectivity index (χ0n) is 20.0. The summed E-state index contributed by atoms with van der Waals surface area (Å²) in [4.78, 5) is 67.0. The van der Waals surface area contributed by atoms with Gasteiger partial charge in [-0.3, -0.25) is 29.0 Å². The molecule has 0 bridgehead atoms. The third kappa shape index (κ3) is 19.8. The minimum absolute atomic E-state index is 0. The molecular weight excluding hydrogens is 655 g/mol. The van der Waals surface area contributed by atoms with Crippen molar-refractivity contribution in [3.63, 3.8) is 0 Å². The van der Waals surface area contributed by atoms with Crippen LogP contribution in [0, 0.1) is 28.7 Å². The van der Waals surface area contributed by atoms with Crippen LogP contribution in [0.25, 0.3) is 0 Å². The molecule has 8 nitrogen and oxygen atoms in total. The minimum atomic E-state index is -0.452. The van der Waals surface area contributed by atoms with Crippen LogP contribution in [0.1, 0.15) is 20.3 Å². The van der Waals surface area contributed by atoms with Gasteiger partial charge in [-0.15, -0.1) is 0 Å². The summed E-state index contributed by atoms with van der Waals surface area (Å²) in [5.41, 5.74) is 0. The average Bonchev–Trinajstić information content (AvgIpc) is 3.04. The average molecular weight is 689 g/mol. The molecule has 0 aromatic rings. The van der Waals surface area contributed by atoms with Crippen LogP contribution in [0.2, 0.25) is 0 Å². The number of imide groups is 2. The van der Waals surface area contributed by atoms with Crippen molar-refractivity contribution in [2.24, 2.45) is 0 Å². The van der Waals surface area contributed by atoms with Gasteiger partial charge in [0.2, 0.25) is 11.8 Å². The number of ketones is 2. The van der Waals surface area contributed by atoms with E-state index in [-0.39, 0.29) is 147 Å². The van der Waals surface area contributed by atoms with Gasteiger partial charge in [-0.1, -0.05) is 13.8 Å². The summed E-state index contributed by atoms with van der Waals surface area (Å²) < 4.78 is 0. The maximum atomic E-state index is 11.4. The van der Waals surface area contributed by atoms with Crippen LogP contribution in [-0.2, 0) is 94.2 Å². The van der Waals surface area contributed by atoms with E-state index in [1.165, 1.54) is 11.8 Å². The second-order valence-corrected chi connectivity index (χ2v) is 5.96. The third-order valence-corrected chi connectivity index (χ3v) is 3.99. The standard InChI is InChI=1S/C8H10NO3S.C7H6NO3.C2H6.2CH3.H3P.H2P.HP.2Y/c1-5(10)4-9-7(11)3-6(13-2)8(9)12;1-5(9)4-8-6(10)2-3-7(8)11;1-2;;;;;;;/h6H,1,3-4H2,2H3;2-3H,1,4H2;1-2H3;3*1H3;1H2;1H;;/q2*-1;;2*-1;;-1;-2;;. The molecule has 14 heteroatoms. The van der Waals surface area contributed by atoms with E-state index in [4.69, 9.17) is 0 Å². The number of hydrogen-bond acceptors (Lipinski definition) is 7. The summed E-state index contributed by atoms with van der Waals surface area (Å²) >= 11 is 1.33. The Hall–Kier alpha value is 0.948. The molecule has 2 aliphatic rings. The molecule has 2 rings (SSSR count). The Labute approximate surface area is 263 Å². The van der Waals surface area contributed by atoms with Crippen LogP contribution in [0.15, 0.2) is 12.2 Å². The van der Waals surface area contributed by atoms with E-state index in [9.17, 15) is 28.8 Å². The molecule has 190 valence electrons. The number of rotatable bonds is 5. The van der Waals surface area contributed by atoms with Gasteiger partial charge in [0, 0.05) is 95.6 Å². The first-order valence-electron chi connectivity index (χ1n) is 7.77. The molecule has 0 aromatic heterocycles. The first-order valence-corrected chi connectivity index (χ1v) is 9.06. The predicted octanol–water partition coefficient (Wildman–Crippen LogP) is 2.09. The maximum absolute atomic E-state index is 11.4. The molecule has 0 N–H and O–H groups in total. The Bertz CT molecular complexity index is 637. The van der Waals surface area contributed by atoms with Crippen molar-refractivity contribution >= 4 is 76.7 Å². The van der Waals surface area contributed by atoms with E-state index in [1.807, 2.05) is 13.8 Å². The Morgan fingerprint density at radius 1 is 0.939 bits per heavy atom. The summed E-state index contributed by atoms with van der Waals surface area (Å²) in [5, 5.41) is -0.313. The SMILES string of the molecule is CC.P.[CH2-]C(=O)CN1C(=O)C=CC1=O.[CH2-]C(=O)CN1C(=O)CC(SC)C1=O.[CH3-].[CH3-].[PH-2].[PH2-].[Y].[Y]. The van der Waals surface area contributed by atoms with Gasteiger partial charge in [0.05, 0.1) is 18.3 Å². The molecule has 0 spiro atoms. The first-order chi connectivity index (χ1) is 12.2. The molecule has 0 aromatic carbocycles. The van der Waals surface area contributed by atoms with Crippen LogP contribution in [0.4, 0.5) is 0 Å². The van der Waals surface area contributed by atoms with Crippen LogP contribution in [0.3, 0.4) is 0 Å². The van der Waals surface area contributed by atoms with E-state index < -0.39 is 23.4 Å². The van der Waals surface area contributed by atoms with Crippen molar-refractivity contribution in [3.05, 3.63) is 40.9 Å². The number of nitrogens with zero attached hydrogens (tertiary/aromatic N) is 2. The topological polar surface area (TPSA) is 109 Å². The quantitative estimate of drug-likeness (QED) is 0.247. The molecule has 33 heavy (non-hydrogen) atoms. The monoisotopic (exact) mass is 689 g/mol. The summed E-state index contributed by atoms with van der Waals surface area (Å²) in [7, 11) is 0. The number of likely N-dealkylation sites (tertiary alicyclic amines) is 1. The van der Waals surface area contributed by atoms with E-state index in [0.717, 1.165) is 22.0 Å². The van der Waals surface area contributed by atoms with Crippen molar-refractivity contribution in [2.45, 2.75) is 25.5 Å². The Kier molecular flexibility index (Phi) is 48.4. The van der Waals surface area contributed by atoms with Crippen LogP contribution in [0.5, 0.6) is 0 Å². The fraction of sp³-hybridized carbons (Fsp3) is 0.368. The summed E-state index contributed by atoms with van der Waals surface area (Å²) in [5.74, 6) is -2.31. The molecule has 1 fully saturated rings. The number of carbonyl (C=O) groups is 6. The van der Waals surface area contributed by atoms with E-state index >= 15 is 0 Å².